The van der Waals surface area contributed by atoms with Gasteiger partial charge >= 0.3 is 0 Å². The highest BCUT2D eigenvalue weighted by atomic mass is 35.6. The van der Waals surface area contributed by atoms with Gasteiger partial charge in [-0.3, -0.25) is 4.79 Å². The molecule has 7 heteroatoms. The first-order valence-electron chi connectivity index (χ1n) is 5.61. The van der Waals surface area contributed by atoms with E-state index in [2.05, 4.69) is 0 Å². The number of rotatable bonds is 3. The van der Waals surface area contributed by atoms with E-state index in [0.717, 1.165) is 16.7 Å². The largest absolute Gasteiger partial charge is 0.289 e. The molecule has 0 aliphatic rings. The molecule has 0 radical (unpaired) electrons. The van der Waals surface area contributed by atoms with Crippen molar-refractivity contribution in [1.29, 1.82) is 0 Å². The summed E-state index contributed by atoms with van der Waals surface area (Å²) in [6.07, 6.45) is 0. The van der Waals surface area contributed by atoms with Gasteiger partial charge in [0.1, 0.15) is 0 Å². The number of benzene rings is 2. The Morgan fingerprint density at radius 1 is 0.857 bits per heavy atom. The van der Waals surface area contributed by atoms with Crippen LogP contribution in [0.2, 0.25) is 10.0 Å². The number of ketones is 1. The van der Waals surface area contributed by atoms with E-state index in [-0.39, 0.29) is 5.78 Å². The van der Waals surface area contributed by atoms with Crippen LogP contribution in [0.1, 0.15) is 15.9 Å². The maximum atomic E-state index is 12.3. The van der Waals surface area contributed by atoms with Gasteiger partial charge in [-0.1, -0.05) is 69.8 Å². The topological polar surface area (TPSA) is 17.1 Å². The molecule has 110 valence electrons. The molecule has 2 rings (SSSR count). The molecular formula is C14H7Cl5OS. The Labute approximate surface area is 151 Å². The number of alkyl halides is 3. The van der Waals surface area contributed by atoms with E-state index < -0.39 is 3.12 Å². The molecular weight excluding hydrogens is 393 g/mol. The van der Waals surface area contributed by atoms with Crippen molar-refractivity contribution >= 4 is 75.5 Å². The predicted molar refractivity (Wildman–Crippen MR) is 92.5 cm³/mol. The average Bonchev–Trinajstić information content (AvgIpc) is 2.35. The van der Waals surface area contributed by atoms with Crippen molar-refractivity contribution < 1.29 is 4.79 Å². The average molecular weight is 401 g/mol. The van der Waals surface area contributed by atoms with Crippen molar-refractivity contribution in [2.45, 2.75) is 8.02 Å². The zero-order valence-electron chi connectivity index (χ0n) is 10.2. The van der Waals surface area contributed by atoms with Crippen molar-refractivity contribution in [3.8, 4) is 0 Å². The summed E-state index contributed by atoms with van der Waals surface area (Å²) in [6.45, 7) is 0. The number of carbonyl (C=O) groups excluding carboxylic acids is 1. The molecule has 0 heterocycles. The zero-order chi connectivity index (χ0) is 15.6. The Hall–Kier alpha value is -0.0900. The number of thioether (sulfide) groups is 1. The summed E-state index contributed by atoms with van der Waals surface area (Å²) in [4.78, 5) is 13.1. The van der Waals surface area contributed by atoms with Crippen LogP contribution in [0.4, 0.5) is 0 Å². The van der Waals surface area contributed by atoms with Crippen LogP contribution in [0.5, 0.6) is 0 Å². The second kappa shape index (κ2) is 6.99. The Balaban J connectivity index is 2.24. The quantitative estimate of drug-likeness (QED) is 0.326. The maximum absolute atomic E-state index is 12.3. The zero-order valence-corrected chi connectivity index (χ0v) is 14.8. The van der Waals surface area contributed by atoms with E-state index in [4.69, 9.17) is 58.0 Å². The van der Waals surface area contributed by atoms with Crippen LogP contribution in [0, 0.1) is 0 Å². The number of halogens is 5. The van der Waals surface area contributed by atoms with E-state index in [1.165, 1.54) is 0 Å². The molecule has 0 atom stereocenters. The first-order valence-corrected chi connectivity index (χ1v) is 8.32. The molecule has 21 heavy (non-hydrogen) atoms. The monoisotopic (exact) mass is 398 g/mol. The summed E-state index contributed by atoms with van der Waals surface area (Å²) in [7, 11) is 0. The molecule has 0 saturated heterocycles. The summed E-state index contributed by atoms with van der Waals surface area (Å²) < 4.78 is -1.44. The van der Waals surface area contributed by atoms with Crippen molar-refractivity contribution in [3.05, 3.63) is 63.6 Å². The Kier molecular flexibility index (Phi) is 5.75. The second-order valence-electron chi connectivity index (χ2n) is 4.06. The SMILES string of the molecule is O=C(c1ccc(SC(Cl)(Cl)Cl)cc1)c1cc(Cl)cc(Cl)c1. The summed E-state index contributed by atoms with van der Waals surface area (Å²) in [5.41, 5.74) is 0.927. The van der Waals surface area contributed by atoms with Gasteiger partial charge < -0.3 is 0 Å². The first-order chi connectivity index (χ1) is 9.74. The molecule has 0 unspecified atom stereocenters. The van der Waals surface area contributed by atoms with Crippen LogP contribution in [0.25, 0.3) is 0 Å². The Bertz CT molecular complexity index is 644. The second-order valence-corrected chi connectivity index (χ2v) is 9.17. The number of carbonyl (C=O) groups is 1. The fourth-order valence-corrected chi connectivity index (χ4v) is 3.53. The number of hydrogen-bond donors (Lipinski definition) is 0. The van der Waals surface area contributed by atoms with Crippen molar-refractivity contribution in [2.24, 2.45) is 0 Å². The van der Waals surface area contributed by atoms with Crippen LogP contribution in [0.15, 0.2) is 47.4 Å². The minimum absolute atomic E-state index is 0.176. The van der Waals surface area contributed by atoms with Gasteiger partial charge in [0.2, 0.25) is 3.12 Å². The summed E-state index contributed by atoms with van der Waals surface area (Å²) in [6, 6.07) is 11.5. The summed E-state index contributed by atoms with van der Waals surface area (Å²) in [5.74, 6) is -0.176. The minimum atomic E-state index is -1.44. The maximum Gasteiger partial charge on any atom is 0.241 e. The van der Waals surface area contributed by atoms with E-state index in [9.17, 15) is 4.79 Å². The molecule has 2 aromatic rings. The van der Waals surface area contributed by atoms with E-state index >= 15 is 0 Å². The lowest BCUT2D eigenvalue weighted by Gasteiger charge is -2.10. The molecule has 1 nitrogen and oxygen atoms in total. The molecule has 0 aliphatic heterocycles. The predicted octanol–water partition coefficient (Wildman–Crippen LogP) is 6.64. The van der Waals surface area contributed by atoms with Crippen molar-refractivity contribution in [1.82, 2.24) is 0 Å². The number of hydrogen-bond acceptors (Lipinski definition) is 2. The minimum Gasteiger partial charge on any atom is -0.289 e. The lowest BCUT2D eigenvalue weighted by molar-refractivity contribution is 0.103. The highest BCUT2D eigenvalue weighted by Gasteiger charge is 2.21. The van der Waals surface area contributed by atoms with Gasteiger partial charge in [-0.25, -0.2) is 0 Å². The van der Waals surface area contributed by atoms with Gasteiger partial charge in [0.25, 0.3) is 0 Å². The molecule has 0 aliphatic carbocycles. The lowest BCUT2D eigenvalue weighted by Crippen LogP contribution is -2.01. The third kappa shape index (κ3) is 5.24. The van der Waals surface area contributed by atoms with Gasteiger partial charge in [-0.15, -0.1) is 0 Å². The van der Waals surface area contributed by atoms with Crippen molar-refractivity contribution in [3.63, 3.8) is 0 Å². The van der Waals surface area contributed by atoms with Crippen LogP contribution >= 0.6 is 69.8 Å². The normalized spacial score (nSPS) is 11.5. The summed E-state index contributed by atoms with van der Waals surface area (Å²) in [5, 5.41) is 0.823. The van der Waals surface area contributed by atoms with Gasteiger partial charge in [0.05, 0.1) is 0 Å². The van der Waals surface area contributed by atoms with Crippen LogP contribution in [-0.4, -0.2) is 8.91 Å². The summed E-state index contributed by atoms with van der Waals surface area (Å²) >= 11 is 30.0. The van der Waals surface area contributed by atoms with Gasteiger partial charge in [-0.05, 0) is 42.5 Å². The molecule has 0 aromatic heterocycles. The molecule has 2 aromatic carbocycles. The molecule has 0 saturated carbocycles. The van der Waals surface area contributed by atoms with Crippen molar-refractivity contribution in [2.75, 3.05) is 0 Å². The smallest absolute Gasteiger partial charge is 0.241 e. The van der Waals surface area contributed by atoms with Gasteiger partial charge in [0, 0.05) is 26.1 Å². The van der Waals surface area contributed by atoms with E-state index in [1.807, 2.05) is 0 Å². The first kappa shape index (κ1) is 17.3. The van der Waals surface area contributed by atoms with Gasteiger partial charge in [-0.2, -0.15) is 0 Å². The van der Waals surface area contributed by atoms with E-state index in [0.29, 0.717) is 21.2 Å². The fourth-order valence-electron chi connectivity index (χ4n) is 1.66. The van der Waals surface area contributed by atoms with Crippen LogP contribution < -0.4 is 0 Å². The molecule has 0 fully saturated rings. The molecule has 0 N–H and O–H groups in total. The standard InChI is InChI=1S/C14H7Cl5OS/c15-10-5-9(6-11(16)7-10)13(20)8-1-3-12(4-2-8)21-14(17,18)19/h1-7H. The molecule has 0 bridgehead atoms. The highest BCUT2D eigenvalue weighted by molar-refractivity contribution is 8.04. The molecule has 0 spiro atoms. The third-order valence-corrected chi connectivity index (χ3v) is 4.34. The lowest BCUT2D eigenvalue weighted by atomic mass is 10.0. The highest BCUT2D eigenvalue weighted by Crippen LogP contribution is 2.43. The van der Waals surface area contributed by atoms with Crippen LogP contribution in [-0.2, 0) is 0 Å². The van der Waals surface area contributed by atoms with Gasteiger partial charge in [0.15, 0.2) is 5.78 Å². The van der Waals surface area contributed by atoms with Crippen LogP contribution in [0.3, 0.4) is 0 Å². The third-order valence-electron chi connectivity index (χ3n) is 2.47. The Morgan fingerprint density at radius 3 is 1.86 bits per heavy atom. The van der Waals surface area contributed by atoms with E-state index in [1.54, 1.807) is 42.5 Å². The molecule has 0 amide bonds. The Morgan fingerprint density at radius 2 is 1.38 bits per heavy atom. The fraction of sp³-hybridized carbons (Fsp3) is 0.0714.